The Balaban J connectivity index is 1.28. The summed E-state index contributed by atoms with van der Waals surface area (Å²) in [7, 11) is 1.59. The van der Waals surface area contributed by atoms with Crippen molar-refractivity contribution >= 4 is 22.8 Å². The summed E-state index contributed by atoms with van der Waals surface area (Å²) in [5, 5.41) is 16.3. The highest BCUT2D eigenvalue weighted by atomic mass is 32.2. The molecule has 0 aliphatic heterocycles. The van der Waals surface area contributed by atoms with E-state index < -0.39 is 12.0 Å². The molecule has 0 aliphatic carbocycles. The molecule has 13 heteroatoms. The molecule has 0 spiro atoms. The number of methoxy groups -OCH3 is 1. The highest BCUT2D eigenvalue weighted by Gasteiger charge is 2.38. The zero-order valence-corrected chi connectivity index (χ0v) is 18.4. The first-order chi connectivity index (χ1) is 16.4. The second-order valence-corrected chi connectivity index (χ2v) is 8.04. The average molecular weight is 487 g/mol. The lowest BCUT2D eigenvalue weighted by Crippen LogP contribution is -2.15. The molecular formula is C21H16F3N7O2S. The molecule has 0 bridgehead atoms. The van der Waals surface area contributed by atoms with Gasteiger partial charge in [-0.2, -0.15) is 13.2 Å². The van der Waals surface area contributed by atoms with E-state index in [1.807, 2.05) is 24.3 Å². The zero-order chi connectivity index (χ0) is 23.7. The molecule has 3 heterocycles. The van der Waals surface area contributed by atoms with Crippen LogP contribution in [0.5, 0.6) is 5.75 Å². The highest BCUT2D eigenvalue weighted by molar-refractivity contribution is 7.98. The number of thioether (sulfide) groups is 1. The number of hydrogen-bond acceptors (Lipinski definition) is 8. The van der Waals surface area contributed by atoms with E-state index in [4.69, 9.17) is 9.15 Å². The number of benzene rings is 2. The molecule has 5 aromatic rings. The van der Waals surface area contributed by atoms with Crippen molar-refractivity contribution in [2.24, 2.45) is 0 Å². The third-order valence-corrected chi connectivity index (χ3v) is 5.72. The monoisotopic (exact) mass is 487 g/mol. The molecule has 34 heavy (non-hydrogen) atoms. The molecular weight excluding hydrogens is 471 g/mol. The predicted molar refractivity (Wildman–Crippen MR) is 116 cm³/mol. The Morgan fingerprint density at radius 1 is 1.03 bits per heavy atom. The third kappa shape index (κ3) is 4.46. The molecule has 0 unspecified atom stereocenters. The first-order valence-corrected chi connectivity index (χ1v) is 10.9. The molecule has 3 aromatic heterocycles. The minimum absolute atomic E-state index is 0.0399. The Morgan fingerprint density at radius 3 is 2.59 bits per heavy atom. The van der Waals surface area contributed by atoms with Crippen molar-refractivity contribution in [2.75, 3.05) is 7.11 Å². The number of alkyl halides is 3. The Kier molecular flexibility index (Phi) is 5.69. The van der Waals surface area contributed by atoms with Crippen molar-refractivity contribution in [3.63, 3.8) is 0 Å². The van der Waals surface area contributed by atoms with Crippen molar-refractivity contribution in [3.05, 3.63) is 72.1 Å². The van der Waals surface area contributed by atoms with Crippen molar-refractivity contribution in [1.82, 2.24) is 34.7 Å². The smallest absolute Gasteiger partial charge is 0.449 e. The molecule has 0 fully saturated rings. The number of nitrogens with zero attached hydrogens (tertiary/aromatic N) is 7. The molecule has 0 atom stereocenters. The van der Waals surface area contributed by atoms with E-state index in [0.29, 0.717) is 17.0 Å². The summed E-state index contributed by atoms with van der Waals surface area (Å²) in [5.74, 6) is 0.145. The number of imidazole rings is 1. The van der Waals surface area contributed by atoms with Crippen LogP contribution in [0.15, 0.2) is 64.4 Å². The maximum Gasteiger partial charge on any atom is 0.449 e. The fraction of sp³-hybridized carbons (Fsp3) is 0.190. The zero-order valence-electron chi connectivity index (χ0n) is 17.6. The third-order valence-electron chi connectivity index (χ3n) is 4.87. The van der Waals surface area contributed by atoms with Crippen LogP contribution in [-0.2, 0) is 18.5 Å². The number of hydrogen-bond donors (Lipinski definition) is 0. The number of para-hydroxylation sites is 2. The van der Waals surface area contributed by atoms with Crippen LogP contribution >= 0.6 is 11.8 Å². The van der Waals surface area contributed by atoms with Crippen molar-refractivity contribution < 1.29 is 22.3 Å². The number of ether oxygens (including phenoxy) is 1. The van der Waals surface area contributed by atoms with Crippen LogP contribution in [0, 0.1) is 0 Å². The van der Waals surface area contributed by atoms with E-state index in [2.05, 4.69) is 25.5 Å². The summed E-state index contributed by atoms with van der Waals surface area (Å²) in [6.07, 6.45) is -2.86. The van der Waals surface area contributed by atoms with Gasteiger partial charge < -0.3 is 13.7 Å². The van der Waals surface area contributed by atoms with Crippen LogP contribution < -0.4 is 4.74 Å². The number of rotatable bonds is 7. The Bertz CT molecular complexity index is 1430. The van der Waals surface area contributed by atoms with Crippen LogP contribution in [0.3, 0.4) is 0 Å². The van der Waals surface area contributed by atoms with Gasteiger partial charge in [0.1, 0.15) is 12.3 Å². The molecule has 0 amide bonds. The van der Waals surface area contributed by atoms with Gasteiger partial charge in [0.25, 0.3) is 5.22 Å². The lowest BCUT2D eigenvalue weighted by molar-refractivity contribution is -0.146. The maximum atomic E-state index is 13.5. The second-order valence-electron chi connectivity index (χ2n) is 7.11. The Labute approximate surface area is 194 Å². The van der Waals surface area contributed by atoms with E-state index in [0.717, 1.165) is 16.0 Å². The van der Waals surface area contributed by atoms with Gasteiger partial charge in [-0.25, -0.2) is 9.67 Å². The topological polar surface area (TPSA) is 96.7 Å². The van der Waals surface area contributed by atoms with Gasteiger partial charge >= 0.3 is 6.18 Å². The quantitative estimate of drug-likeness (QED) is 0.312. The van der Waals surface area contributed by atoms with Gasteiger partial charge in [0.05, 0.1) is 35.7 Å². The molecule has 174 valence electrons. The summed E-state index contributed by atoms with van der Waals surface area (Å²) in [5.41, 5.74) is 2.06. The van der Waals surface area contributed by atoms with E-state index in [9.17, 15) is 13.2 Å². The van der Waals surface area contributed by atoms with Crippen LogP contribution in [-0.4, -0.2) is 41.9 Å². The average Bonchev–Trinajstić information content (AvgIpc) is 3.57. The van der Waals surface area contributed by atoms with Gasteiger partial charge in [0.2, 0.25) is 11.7 Å². The minimum Gasteiger partial charge on any atom is -0.497 e. The summed E-state index contributed by atoms with van der Waals surface area (Å²) in [6, 6.07) is 13.7. The van der Waals surface area contributed by atoms with Crippen LogP contribution in [0.2, 0.25) is 0 Å². The first-order valence-electron chi connectivity index (χ1n) is 9.94. The summed E-state index contributed by atoms with van der Waals surface area (Å²) < 4.78 is 53.8. The van der Waals surface area contributed by atoms with Gasteiger partial charge in [-0.1, -0.05) is 29.1 Å². The van der Waals surface area contributed by atoms with Gasteiger partial charge in [-0.15, -0.1) is 15.3 Å². The lowest BCUT2D eigenvalue weighted by Gasteiger charge is -2.09. The Morgan fingerprint density at radius 2 is 1.82 bits per heavy atom. The molecule has 0 saturated heterocycles. The fourth-order valence-electron chi connectivity index (χ4n) is 3.31. The number of halogens is 3. The molecule has 0 aliphatic rings. The lowest BCUT2D eigenvalue weighted by atomic mass is 10.3. The molecule has 0 saturated carbocycles. The van der Waals surface area contributed by atoms with Gasteiger partial charge in [0.15, 0.2) is 0 Å². The minimum atomic E-state index is -4.62. The Hall–Kier alpha value is -3.87. The van der Waals surface area contributed by atoms with Crippen LogP contribution in [0.4, 0.5) is 13.2 Å². The van der Waals surface area contributed by atoms with E-state index in [1.54, 1.807) is 36.2 Å². The van der Waals surface area contributed by atoms with Gasteiger partial charge in [0, 0.05) is 5.75 Å². The number of aromatic nitrogens is 7. The molecule has 2 aromatic carbocycles. The molecule has 0 radical (unpaired) electrons. The number of fused-ring (bicyclic) bond motifs is 1. The summed E-state index contributed by atoms with van der Waals surface area (Å²) in [6.45, 7) is -0.253. The SMILES string of the molecule is COc1ccc(-n2cc(CSc3nnc(Cn4c(C(F)(F)F)nc5ccccc54)o3)nn2)cc1. The van der Waals surface area contributed by atoms with E-state index >= 15 is 0 Å². The van der Waals surface area contributed by atoms with Crippen LogP contribution in [0.25, 0.3) is 16.7 Å². The molecule has 5 rings (SSSR count). The summed E-state index contributed by atoms with van der Waals surface area (Å²) in [4.78, 5) is 3.72. The van der Waals surface area contributed by atoms with E-state index in [-0.39, 0.29) is 23.2 Å². The van der Waals surface area contributed by atoms with Crippen molar-refractivity contribution in [3.8, 4) is 11.4 Å². The molecule has 0 N–H and O–H groups in total. The second kappa shape index (κ2) is 8.82. The fourth-order valence-corrected chi connectivity index (χ4v) is 3.97. The standard InChI is InChI=1S/C21H16F3N7O2S/c1-32-15-8-6-14(7-9-15)31-10-13(26-29-31)12-34-20-28-27-18(33-20)11-30-17-5-3-2-4-16(17)25-19(30)21(22,23)24/h2-10H,11-12H2,1H3. The molecule has 9 nitrogen and oxygen atoms in total. The van der Waals surface area contributed by atoms with Crippen molar-refractivity contribution in [1.29, 1.82) is 0 Å². The first kappa shape index (κ1) is 21.9. The summed E-state index contributed by atoms with van der Waals surface area (Å²) >= 11 is 1.21. The maximum absolute atomic E-state index is 13.5. The van der Waals surface area contributed by atoms with Crippen LogP contribution in [0.1, 0.15) is 17.4 Å². The highest BCUT2D eigenvalue weighted by Crippen LogP contribution is 2.32. The van der Waals surface area contributed by atoms with E-state index in [1.165, 1.54) is 17.8 Å². The normalized spacial score (nSPS) is 11.9. The predicted octanol–water partition coefficient (Wildman–Crippen LogP) is 4.37. The van der Waals surface area contributed by atoms with Gasteiger partial charge in [-0.3, -0.25) is 0 Å². The van der Waals surface area contributed by atoms with Gasteiger partial charge in [-0.05, 0) is 36.4 Å². The largest absolute Gasteiger partial charge is 0.497 e. The van der Waals surface area contributed by atoms with Crippen molar-refractivity contribution in [2.45, 2.75) is 23.7 Å².